The monoisotopic (exact) mass is 581 g/mol. The Bertz CT molecular complexity index is 1540. The second-order valence-electron chi connectivity index (χ2n) is 11.1. The second kappa shape index (κ2) is 13.3. The van der Waals surface area contributed by atoms with Crippen molar-refractivity contribution < 1.29 is 9.18 Å². The molecule has 1 fully saturated rings. The zero-order chi connectivity index (χ0) is 30.5. The zero-order valence-corrected chi connectivity index (χ0v) is 25.5. The van der Waals surface area contributed by atoms with E-state index in [1.54, 1.807) is 18.0 Å². The van der Waals surface area contributed by atoms with Gasteiger partial charge in [-0.1, -0.05) is 63.1 Å². The van der Waals surface area contributed by atoms with Gasteiger partial charge < -0.3 is 0 Å². The number of aromatic nitrogens is 3. The van der Waals surface area contributed by atoms with Gasteiger partial charge in [-0.15, -0.1) is 5.10 Å². The van der Waals surface area contributed by atoms with Crippen molar-refractivity contribution in [1.29, 1.82) is 0 Å². The van der Waals surface area contributed by atoms with Crippen LogP contribution in [0.2, 0.25) is 0 Å². The van der Waals surface area contributed by atoms with Crippen molar-refractivity contribution >= 4 is 34.8 Å². The van der Waals surface area contributed by atoms with E-state index < -0.39 is 0 Å². The second-order valence-corrected chi connectivity index (χ2v) is 11.1. The summed E-state index contributed by atoms with van der Waals surface area (Å²) in [4.78, 5) is 32.0. The van der Waals surface area contributed by atoms with Gasteiger partial charge in [-0.3, -0.25) is 19.6 Å². The lowest BCUT2D eigenvalue weighted by atomic mass is 10.0. The molecule has 0 spiro atoms. The van der Waals surface area contributed by atoms with Gasteiger partial charge in [0.1, 0.15) is 17.2 Å². The number of pyridine rings is 1. The summed E-state index contributed by atoms with van der Waals surface area (Å²) in [5.41, 5.74) is 3.48. The lowest BCUT2D eigenvalue weighted by Crippen LogP contribution is -2.52. The molecule has 2 aromatic rings. The summed E-state index contributed by atoms with van der Waals surface area (Å²) >= 11 is 0. The molecule has 5 rings (SSSR count). The minimum absolute atomic E-state index is 0.146. The van der Waals surface area contributed by atoms with Gasteiger partial charge >= 0.3 is 0 Å². The topological polar surface area (TPSA) is 79.0 Å². The molecule has 0 N–H and O–H groups in total. The van der Waals surface area contributed by atoms with E-state index in [4.69, 9.17) is 15.1 Å². The van der Waals surface area contributed by atoms with Crippen LogP contribution < -0.4 is 4.90 Å². The average Bonchev–Trinajstić information content (AvgIpc) is 3.43. The Kier molecular flexibility index (Phi) is 9.28. The maximum Gasteiger partial charge on any atom is 0.268 e. The third-order valence-electron chi connectivity index (χ3n) is 7.99. The van der Waals surface area contributed by atoms with Crippen molar-refractivity contribution in [3.05, 3.63) is 90.1 Å². The molecule has 9 heteroatoms. The smallest absolute Gasteiger partial charge is 0.268 e. The number of carbonyl (C=O) groups is 1. The van der Waals surface area contributed by atoms with Crippen LogP contribution in [0.1, 0.15) is 75.3 Å². The molecular weight excluding hydrogens is 541 g/mol. The number of rotatable bonds is 9. The van der Waals surface area contributed by atoms with E-state index in [2.05, 4.69) is 29.5 Å². The van der Waals surface area contributed by atoms with Crippen molar-refractivity contribution in [1.82, 2.24) is 19.7 Å². The van der Waals surface area contributed by atoms with Crippen LogP contribution in [0.3, 0.4) is 0 Å². The van der Waals surface area contributed by atoms with Gasteiger partial charge in [0.2, 0.25) is 5.96 Å². The normalized spacial score (nSPS) is 20.4. The zero-order valence-electron chi connectivity index (χ0n) is 25.5. The Morgan fingerprint density at radius 1 is 1.12 bits per heavy atom. The molecule has 8 nitrogen and oxygen atoms in total. The molecule has 1 amide bonds. The number of halogens is 1. The Hall–Kier alpha value is -4.40. The standard InChI is InChI=1S/C34H40FN7O/c1-6-12-24(18-17-23(4)27-20-19-25(35)21-36-27)22-41-32-30(31(39-41)37-26(13-7-2)14-8-3)33(43)40(5)34-38-28-15-10-9-11-16-29(28)42(32)34/h7-8,12-14,17-21,28-29H,4,6,9-11,15-16,22H2,1-3,5H3/b13-7-,14-8-,18-17?,24-12?. The number of anilines is 1. The summed E-state index contributed by atoms with van der Waals surface area (Å²) in [5.74, 6) is 1.31. The molecule has 2 aliphatic heterocycles. The number of aliphatic imine (C=N–C) groups is 2. The molecule has 1 saturated carbocycles. The number of nitrogens with zero attached hydrogens (tertiary/aromatic N) is 7. The third kappa shape index (κ3) is 6.21. The molecule has 3 aliphatic rings. The minimum Gasteiger partial charge on any atom is -0.291 e. The molecule has 2 unspecified atom stereocenters. The molecule has 2 aromatic heterocycles. The van der Waals surface area contributed by atoms with Gasteiger partial charge in [0.05, 0.1) is 36.2 Å². The maximum atomic E-state index is 14.0. The summed E-state index contributed by atoms with van der Waals surface area (Å²) < 4.78 is 15.3. The molecule has 0 aromatic carbocycles. The van der Waals surface area contributed by atoms with Crippen LogP contribution >= 0.6 is 0 Å². The highest BCUT2D eigenvalue weighted by atomic mass is 19.1. The van der Waals surface area contributed by atoms with E-state index >= 15 is 0 Å². The van der Waals surface area contributed by atoms with E-state index in [9.17, 15) is 9.18 Å². The maximum absolute atomic E-state index is 14.0. The first kappa shape index (κ1) is 30.1. The molecule has 0 bridgehead atoms. The van der Waals surface area contributed by atoms with E-state index in [0.717, 1.165) is 43.5 Å². The molecule has 0 saturated heterocycles. The Labute approximate surface area is 253 Å². The van der Waals surface area contributed by atoms with Gasteiger partial charge in [0, 0.05) is 7.05 Å². The fraction of sp³-hybridized carbons (Fsp3) is 0.382. The first-order valence-electron chi connectivity index (χ1n) is 15.1. The van der Waals surface area contributed by atoms with Crippen LogP contribution in [0.15, 0.2) is 83.0 Å². The highest BCUT2D eigenvalue weighted by Gasteiger charge is 2.48. The van der Waals surface area contributed by atoms with Crippen LogP contribution in [0, 0.1) is 5.82 Å². The molecule has 224 valence electrons. The first-order valence-corrected chi connectivity index (χ1v) is 15.1. The van der Waals surface area contributed by atoms with Crippen molar-refractivity contribution in [2.75, 3.05) is 11.9 Å². The number of fused-ring (bicyclic) bond motifs is 5. The fourth-order valence-electron chi connectivity index (χ4n) is 5.98. The van der Waals surface area contributed by atoms with Gasteiger partial charge in [0.15, 0.2) is 5.82 Å². The molecule has 4 heterocycles. The van der Waals surface area contributed by atoms with Crippen LogP contribution in [0.5, 0.6) is 0 Å². The Morgan fingerprint density at radius 3 is 2.58 bits per heavy atom. The first-order chi connectivity index (χ1) is 20.9. The van der Waals surface area contributed by atoms with Gasteiger partial charge in [-0.2, -0.15) is 0 Å². The predicted molar refractivity (Wildman–Crippen MR) is 172 cm³/mol. The highest BCUT2D eigenvalue weighted by molar-refractivity contribution is 6.21. The van der Waals surface area contributed by atoms with Gasteiger partial charge in [-0.05, 0) is 68.5 Å². The minimum atomic E-state index is -0.387. The van der Waals surface area contributed by atoms with Crippen molar-refractivity contribution in [2.24, 2.45) is 9.98 Å². The van der Waals surface area contributed by atoms with Crippen LogP contribution in [0.25, 0.3) is 5.57 Å². The van der Waals surface area contributed by atoms with Crippen LogP contribution in [0.4, 0.5) is 16.0 Å². The van der Waals surface area contributed by atoms with E-state index in [0.29, 0.717) is 40.9 Å². The third-order valence-corrected chi connectivity index (χ3v) is 7.99. The number of guanidine groups is 1. The summed E-state index contributed by atoms with van der Waals surface area (Å²) in [6.07, 6.45) is 21.2. The Morgan fingerprint density at radius 2 is 1.88 bits per heavy atom. The fourth-order valence-corrected chi connectivity index (χ4v) is 5.98. The number of allylic oxidation sites excluding steroid dienone is 9. The predicted octanol–water partition coefficient (Wildman–Crippen LogP) is 7.21. The average molecular weight is 582 g/mol. The van der Waals surface area contributed by atoms with E-state index in [-0.39, 0.29) is 23.8 Å². The summed E-state index contributed by atoms with van der Waals surface area (Å²) in [6.45, 7) is 10.5. The largest absolute Gasteiger partial charge is 0.291 e. The van der Waals surface area contributed by atoms with E-state index in [1.807, 2.05) is 55.0 Å². The lowest BCUT2D eigenvalue weighted by Gasteiger charge is -2.36. The molecule has 43 heavy (non-hydrogen) atoms. The van der Waals surface area contributed by atoms with Crippen LogP contribution in [-0.4, -0.2) is 56.4 Å². The Balaban J connectivity index is 1.60. The van der Waals surface area contributed by atoms with Crippen molar-refractivity contribution in [2.45, 2.75) is 77.9 Å². The number of hydrogen-bond donors (Lipinski definition) is 0. The van der Waals surface area contributed by atoms with Gasteiger partial charge in [0.25, 0.3) is 5.91 Å². The van der Waals surface area contributed by atoms with E-state index in [1.165, 1.54) is 18.7 Å². The molecular formula is C34H40FN7O. The molecule has 0 radical (unpaired) electrons. The highest BCUT2D eigenvalue weighted by Crippen LogP contribution is 2.42. The number of hydrogen-bond acceptors (Lipinski definition) is 6. The van der Waals surface area contributed by atoms with Crippen molar-refractivity contribution in [3.8, 4) is 0 Å². The molecule has 1 aliphatic carbocycles. The SMILES string of the molecule is C=C(C=CC(=CCC)Cn1nc(N=C(/C=C\C)/C=C\C)c2c1N1C(=NC3CCCCCC31)N(C)C2=O)c1ccc(F)cn1. The molecule has 2 atom stereocenters. The lowest BCUT2D eigenvalue weighted by molar-refractivity contribution is 0.0865. The quantitative estimate of drug-likeness (QED) is 0.232. The number of carbonyl (C=O) groups excluding carboxylic acids is 1. The van der Waals surface area contributed by atoms with Gasteiger partial charge in [-0.25, -0.2) is 19.1 Å². The number of amides is 1. The summed E-state index contributed by atoms with van der Waals surface area (Å²) in [5, 5.41) is 4.99. The summed E-state index contributed by atoms with van der Waals surface area (Å²) in [6, 6.07) is 3.31. The summed E-state index contributed by atoms with van der Waals surface area (Å²) in [7, 11) is 1.80. The van der Waals surface area contributed by atoms with Crippen molar-refractivity contribution in [3.63, 3.8) is 0 Å². The van der Waals surface area contributed by atoms with Crippen LogP contribution in [-0.2, 0) is 6.54 Å².